The molecule has 1 aliphatic rings. The van der Waals surface area contributed by atoms with Crippen LogP contribution in [-0.2, 0) is 0 Å². The van der Waals surface area contributed by atoms with Gasteiger partial charge in [-0.2, -0.15) is 0 Å². The van der Waals surface area contributed by atoms with Crippen molar-refractivity contribution in [2.75, 3.05) is 45.1 Å². The number of nitrogen functional groups attached to an aromatic ring is 1. The number of hydrogen-bond acceptors (Lipinski definition) is 4. The van der Waals surface area contributed by atoms with Gasteiger partial charge in [0.15, 0.2) is 5.82 Å². The SMILES string of the molecule is Nc1cc(F)cc(C(=O)N2CCN(CCO)CC2)c1F. The Morgan fingerprint density at radius 2 is 1.90 bits per heavy atom. The number of carbonyl (C=O) groups is 1. The van der Waals surface area contributed by atoms with Crippen LogP contribution >= 0.6 is 0 Å². The molecule has 1 fully saturated rings. The summed E-state index contributed by atoms with van der Waals surface area (Å²) < 4.78 is 27.0. The van der Waals surface area contributed by atoms with E-state index < -0.39 is 17.5 Å². The first kappa shape index (κ1) is 14.7. The molecule has 7 heteroatoms. The number of hydrogen-bond donors (Lipinski definition) is 2. The maximum Gasteiger partial charge on any atom is 0.257 e. The smallest absolute Gasteiger partial charge is 0.257 e. The highest BCUT2D eigenvalue weighted by Crippen LogP contribution is 2.19. The fourth-order valence-electron chi connectivity index (χ4n) is 2.25. The summed E-state index contributed by atoms with van der Waals surface area (Å²) in [5.74, 6) is -2.17. The van der Waals surface area contributed by atoms with Crippen LogP contribution in [0.5, 0.6) is 0 Å². The van der Waals surface area contributed by atoms with E-state index in [-0.39, 0.29) is 17.9 Å². The van der Waals surface area contributed by atoms with Crippen molar-refractivity contribution >= 4 is 11.6 Å². The lowest BCUT2D eigenvalue weighted by atomic mass is 10.1. The normalized spacial score (nSPS) is 16.4. The largest absolute Gasteiger partial charge is 0.396 e. The summed E-state index contributed by atoms with van der Waals surface area (Å²) >= 11 is 0. The summed E-state index contributed by atoms with van der Waals surface area (Å²) in [5, 5.41) is 8.84. The highest BCUT2D eigenvalue weighted by Gasteiger charge is 2.25. The van der Waals surface area contributed by atoms with Crippen molar-refractivity contribution in [3.8, 4) is 0 Å². The average Bonchev–Trinajstić information content (AvgIpc) is 2.43. The molecular formula is C13H17F2N3O2. The molecule has 1 aliphatic heterocycles. The number of anilines is 1. The van der Waals surface area contributed by atoms with E-state index in [9.17, 15) is 13.6 Å². The number of rotatable bonds is 3. The minimum absolute atomic E-state index is 0.0585. The summed E-state index contributed by atoms with van der Waals surface area (Å²) in [5.41, 5.74) is 4.63. The van der Waals surface area contributed by atoms with Crippen molar-refractivity contribution in [3.05, 3.63) is 29.3 Å². The van der Waals surface area contributed by atoms with Crippen LogP contribution in [0.1, 0.15) is 10.4 Å². The molecule has 0 atom stereocenters. The number of aliphatic hydroxyl groups is 1. The Morgan fingerprint density at radius 3 is 2.50 bits per heavy atom. The van der Waals surface area contributed by atoms with Crippen LogP contribution in [0.4, 0.5) is 14.5 Å². The predicted molar refractivity (Wildman–Crippen MR) is 70.2 cm³/mol. The molecule has 0 saturated carbocycles. The highest BCUT2D eigenvalue weighted by atomic mass is 19.1. The van der Waals surface area contributed by atoms with Gasteiger partial charge in [0, 0.05) is 32.7 Å². The number of carbonyl (C=O) groups excluding carboxylic acids is 1. The van der Waals surface area contributed by atoms with E-state index in [2.05, 4.69) is 0 Å². The molecule has 0 radical (unpaired) electrons. The molecule has 0 bridgehead atoms. The van der Waals surface area contributed by atoms with Gasteiger partial charge in [0.2, 0.25) is 0 Å². The van der Waals surface area contributed by atoms with Crippen molar-refractivity contribution in [2.24, 2.45) is 0 Å². The van der Waals surface area contributed by atoms with E-state index in [0.717, 1.165) is 12.1 Å². The van der Waals surface area contributed by atoms with Crippen molar-refractivity contribution in [1.82, 2.24) is 9.80 Å². The molecule has 0 spiro atoms. The Kier molecular flexibility index (Phi) is 4.51. The molecule has 110 valence electrons. The van der Waals surface area contributed by atoms with Gasteiger partial charge in [0.05, 0.1) is 17.9 Å². The van der Waals surface area contributed by atoms with Crippen LogP contribution in [0.3, 0.4) is 0 Å². The first-order chi connectivity index (χ1) is 9.52. The Hall–Kier alpha value is -1.73. The van der Waals surface area contributed by atoms with Crippen LogP contribution in [-0.4, -0.2) is 60.1 Å². The third-order valence-electron chi connectivity index (χ3n) is 3.37. The summed E-state index contributed by atoms with van der Waals surface area (Å²) in [6.07, 6.45) is 0. The summed E-state index contributed by atoms with van der Waals surface area (Å²) in [6.45, 7) is 2.62. The van der Waals surface area contributed by atoms with E-state index in [1.165, 1.54) is 4.90 Å². The molecule has 5 nitrogen and oxygen atoms in total. The van der Waals surface area contributed by atoms with E-state index in [1.54, 1.807) is 0 Å². The number of aliphatic hydroxyl groups excluding tert-OH is 1. The van der Waals surface area contributed by atoms with Gasteiger partial charge in [-0.05, 0) is 12.1 Å². The average molecular weight is 285 g/mol. The van der Waals surface area contributed by atoms with Crippen molar-refractivity contribution < 1.29 is 18.7 Å². The third kappa shape index (κ3) is 3.05. The fourth-order valence-corrected chi connectivity index (χ4v) is 2.25. The zero-order valence-corrected chi connectivity index (χ0v) is 11.0. The maximum absolute atomic E-state index is 13.8. The second-order valence-electron chi connectivity index (χ2n) is 4.71. The first-order valence-electron chi connectivity index (χ1n) is 6.40. The monoisotopic (exact) mass is 285 g/mol. The molecule has 0 aromatic heterocycles. The van der Waals surface area contributed by atoms with Crippen molar-refractivity contribution in [2.45, 2.75) is 0 Å². The quantitative estimate of drug-likeness (QED) is 0.784. The Morgan fingerprint density at radius 1 is 1.25 bits per heavy atom. The van der Waals surface area contributed by atoms with Crippen LogP contribution in [0.25, 0.3) is 0 Å². The zero-order chi connectivity index (χ0) is 14.7. The van der Waals surface area contributed by atoms with Gasteiger partial charge in [-0.3, -0.25) is 9.69 Å². The predicted octanol–water partition coefficient (Wildman–Crippen LogP) is 0.297. The standard InChI is InChI=1S/C13H17F2N3O2/c14-9-7-10(12(15)11(16)8-9)13(20)18-3-1-17(2-4-18)5-6-19/h7-8,19H,1-6,16H2. The van der Waals surface area contributed by atoms with Crippen molar-refractivity contribution in [3.63, 3.8) is 0 Å². The number of nitrogens with zero attached hydrogens (tertiary/aromatic N) is 2. The maximum atomic E-state index is 13.8. The molecule has 3 N–H and O–H groups in total. The summed E-state index contributed by atoms with van der Waals surface area (Å²) in [6, 6.07) is 1.72. The lowest BCUT2D eigenvalue weighted by Crippen LogP contribution is -2.49. The fraction of sp³-hybridized carbons (Fsp3) is 0.462. The van der Waals surface area contributed by atoms with Crippen LogP contribution in [0.2, 0.25) is 0 Å². The molecule has 1 aromatic carbocycles. The molecule has 20 heavy (non-hydrogen) atoms. The van der Waals surface area contributed by atoms with E-state index in [1.807, 2.05) is 4.90 Å². The van der Waals surface area contributed by atoms with Gasteiger partial charge in [-0.25, -0.2) is 8.78 Å². The number of amides is 1. The molecule has 2 rings (SSSR count). The van der Waals surface area contributed by atoms with Gasteiger partial charge in [-0.15, -0.1) is 0 Å². The third-order valence-corrected chi connectivity index (χ3v) is 3.37. The Labute approximate surface area is 115 Å². The lowest BCUT2D eigenvalue weighted by Gasteiger charge is -2.34. The van der Waals surface area contributed by atoms with Crippen LogP contribution in [0, 0.1) is 11.6 Å². The minimum Gasteiger partial charge on any atom is -0.396 e. The number of piperazine rings is 1. The number of nitrogens with two attached hydrogens (primary N) is 1. The molecular weight excluding hydrogens is 268 g/mol. The Balaban J connectivity index is 2.09. The molecule has 1 saturated heterocycles. The van der Waals surface area contributed by atoms with E-state index >= 15 is 0 Å². The molecule has 1 amide bonds. The summed E-state index contributed by atoms with van der Waals surface area (Å²) in [7, 11) is 0. The van der Waals surface area contributed by atoms with Gasteiger partial charge < -0.3 is 15.7 Å². The molecule has 1 heterocycles. The number of β-amino-alcohol motifs (C(OH)–C–C–N with tert-alkyl or cyclic N) is 1. The molecule has 0 unspecified atom stereocenters. The van der Waals surface area contributed by atoms with Crippen molar-refractivity contribution in [1.29, 1.82) is 0 Å². The lowest BCUT2D eigenvalue weighted by molar-refractivity contribution is 0.0610. The van der Waals surface area contributed by atoms with E-state index in [4.69, 9.17) is 10.8 Å². The van der Waals surface area contributed by atoms with Gasteiger partial charge in [0.25, 0.3) is 5.91 Å². The first-order valence-corrected chi connectivity index (χ1v) is 6.40. The second-order valence-corrected chi connectivity index (χ2v) is 4.71. The highest BCUT2D eigenvalue weighted by molar-refractivity contribution is 5.95. The van der Waals surface area contributed by atoms with Gasteiger partial charge in [-0.1, -0.05) is 0 Å². The topological polar surface area (TPSA) is 69.8 Å². The zero-order valence-electron chi connectivity index (χ0n) is 11.0. The molecule has 1 aromatic rings. The van der Waals surface area contributed by atoms with Gasteiger partial charge >= 0.3 is 0 Å². The minimum atomic E-state index is -0.880. The Bertz CT molecular complexity index is 503. The summed E-state index contributed by atoms with van der Waals surface area (Å²) in [4.78, 5) is 15.6. The molecule has 0 aliphatic carbocycles. The van der Waals surface area contributed by atoms with E-state index in [0.29, 0.717) is 32.7 Å². The second kappa shape index (κ2) is 6.15. The van der Waals surface area contributed by atoms with Crippen LogP contribution < -0.4 is 5.73 Å². The number of benzene rings is 1. The van der Waals surface area contributed by atoms with Gasteiger partial charge in [0.1, 0.15) is 5.82 Å². The number of halogens is 2. The van der Waals surface area contributed by atoms with Crippen LogP contribution in [0.15, 0.2) is 12.1 Å².